The van der Waals surface area contributed by atoms with Gasteiger partial charge >= 0.3 is 0 Å². The Morgan fingerprint density at radius 1 is 1.29 bits per heavy atom. The summed E-state index contributed by atoms with van der Waals surface area (Å²) in [7, 11) is 0. The molecule has 0 N–H and O–H groups in total. The SMILES string of the molecule is Cc1cc(C(Br)CC2CCCCC2)ccc1F. The summed E-state index contributed by atoms with van der Waals surface area (Å²) in [6, 6.07) is 5.46. The quantitative estimate of drug-likeness (QED) is 0.643. The van der Waals surface area contributed by atoms with E-state index in [4.69, 9.17) is 0 Å². The normalized spacial score (nSPS) is 19.2. The minimum atomic E-state index is -0.105. The molecule has 1 aliphatic rings. The topological polar surface area (TPSA) is 0 Å². The number of benzene rings is 1. The first-order chi connectivity index (χ1) is 8.16. The lowest BCUT2D eigenvalue weighted by molar-refractivity contribution is 0.338. The van der Waals surface area contributed by atoms with Crippen LogP contribution in [-0.2, 0) is 0 Å². The van der Waals surface area contributed by atoms with E-state index in [1.54, 1.807) is 6.07 Å². The summed E-state index contributed by atoms with van der Waals surface area (Å²) in [6.45, 7) is 1.83. The van der Waals surface area contributed by atoms with Gasteiger partial charge in [-0.05, 0) is 36.5 Å². The largest absolute Gasteiger partial charge is 0.207 e. The number of hydrogen-bond donors (Lipinski definition) is 0. The summed E-state index contributed by atoms with van der Waals surface area (Å²) >= 11 is 3.76. The van der Waals surface area contributed by atoms with Crippen LogP contribution in [0.3, 0.4) is 0 Å². The van der Waals surface area contributed by atoms with Gasteiger partial charge in [0.05, 0.1) is 0 Å². The van der Waals surface area contributed by atoms with Gasteiger partial charge in [0.25, 0.3) is 0 Å². The third-order valence-corrected chi connectivity index (χ3v) is 4.71. The van der Waals surface area contributed by atoms with Crippen molar-refractivity contribution in [3.05, 3.63) is 35.1 Å². The smallest absolute Gasteiger partial charge is 0.126 e. The van der Waals surface area contributed by atoms with Crippen LogP contribution in [0.2, 0.25) is 0 Å². The second-order valence-electron chi connectivity index (χ2n) is 5.22. The molecule has 0 aromatic heterocycles. The van der Waals surface area contributed by atoms with Crippen molar-refractivity contribution in [3.63, 3.8) is 0 Å². The summed E-state index contributed by atoms with van der Waals surface area (Å²) in [5.74, 6) is 0.740. The standard InChI is InChI=1S/C15H20BrF/c1-11-9-13(7-8-15(11)17)14(16)10-12-5-3-2-4-6-12/h7-9,12,14H,2-6,10H2,1H3. The van der Waals surface area contributed by atoms with Crippen molar-refractivity contribution in [1.29, 1.82) is 0 Å². The molecule has 0 aliphatic heterocycles. The first-order valence-electron chi connectivity index (χ1n) is 6.57. The zero-order chi connectivity index (χ0) is 12.3. The molecule has 1 unspecified atom stereocenters. The van der Waals surface area contributed by atoms with Gasteiger partial charge in [0, 0.05) is 4.83 Å². The van der Waals surface area contributed by atoms with Gasteiger partial charge < -0.3 is 0 Å². The van der Waals surface area contributed by atoms with Crippen molar-refractivity contribution in [2.75, 3.05) is 0 Å². The molecule has 1 fully saturated rings. The number of aryl methyl sites for hydroxylation is 1. The Hall–Kier alpha value is -0.370. The number of halogens is 2. The molecule has 2 heteroatoms. The van der Waals surface area contributed by atoms with Crippen molar-refractivity contribution in [2.45, 2.75) is 50.3 Å². The monoisotopic (exact) mass is 298 g/mol. The summed E-state index contributed by atoms with van der Waals surface area (Å²) in [6.07, 6.45) is 8.08. The van der Waals surface area contributed by atoms with Crippen LogP contribution in [0, 0.1) is 18.7 Å². The third-order valence-electron chi connectivity index (χ3n) is 3.81. The second kappa shape index (κ2) is 5.99. The van der Waals surface area contributed by atoms with Crippen LogP contribution < -0.4 is 0 Å². The highest BCUT2D eigenvalue weighted by atomic mass is 79.9. The average molecular weight is 299 g/mol. The van der Waals surface area contributed by atoms with Gasteiger partial charge in [0.1, 0.15) is 5.82 Å². The molecule has 0 heterocycles. The van der Waals surface area contributed by atoms with E-state index in [9.17, 15) is 4.39 Å². The summed E-state index contributed by atoms with van der Waals surface area (Å²) < 4.78 is 13.2. The van der Waals surface area contributed by atoms with Crippen LogP contribution in [0.4, 0.5) is 4.39 Å². The fraction of sp³-hybridized carbons (Fsp3) is 0.600. The molecule has 0 nitrogen and oxygen atoms in total. The fourth-order valence-electron chi connectivity index (χ4n) is 2.71. The molecule has 1 aromatic carbocycles. The highest BCUT2D eigenvalue weighted by Gasteiger charge is 2.18. The Morgan fingerprint density at radius 3 is 2.65 bits per heavy atom. The molecule has 17 heavy (non-hydrogen) atoms. The zero-order valence-electron chi connectivity index (χ0n) is 10.4. The van der Waals surface area contributed by atoms with Crippen molar-refractivity contribution < 1.29 is 4.39 Å². The number of alkyl halides is 1. The molecule has 0 spiro atoms. The number of hydrogen-bond acceptors (Lipinski definition) is 0. The predicted molar refractivity (Wildman–Crippen MR) is 74.0 cm³/mol. The van der Waals surface area contributed by atoms with E-state index in [0.717, 1.165) is 11.5 Å². The Balaban J connectivity index is 1.98. The van der Waals surface area contributed by atoms with E-state index in [2.05, 4.69) is 15.9 Å². The Bertz CT molecular complexity index is 369. The maximum atomic E-state index is 13.2. The summed E-state index contributed by atoms with van der Waals surface area (Å²) in [5.41, 5.74) is 1.96. The maximum Gasteiger partial charge on any atom is 0.126 e. The minimum absolute atomic E-state index is 0.105. The van der Waals surface area contributed by atoms with Crippen LogP contribution in [0.25, 0.3) is 0 Å². The fourth-order valence-corrected chi connectivity index (χ4v) is 3.53. The van der Waals surface area contributed by atoms with Crippen molar-refractivity contribution in [3.8, 4) is 0 Å². The highest BCUT2D eigenvalue weighted by Crippen LogP contribution is 2.36. The highest BCUT2D eigenvalue weighted by molar-refractivity contribution is 9.09. The van der Waals surface area contributed by atoms with E-state index in [-0.39, 0.29) is 5.82 Å². The van der Waals surface area contributed by atoms with Crippen molar-refractivity contribution in [1.82, 2.24) is 0 Å². The zero-order valence-corrected chi connectivity index (χ0v) is 12.0. The molecule has 1 saturated carbocycles. The third kappa shape index (κ3) is 3.54. The van der Waals surface area contributed by atoms with Gasteiger partial charge in [-0.15, -0.1) is 0 Å². The van der Waals surface area contributed by atoms with Crippen LogP contribution in [0.5, 0.6) is 0 Å². The molecule has 0 bridgehead atoms. The van der Waals surface area contributed by atoms with Gasteiger partial charge in [-0.3, -0.25) is 0 Å². The first-order valence-corrected chi connectivity index (χ1v) is 7.48. The van der Waals surface area contributed by atoms with E-state index in [0.29, 0.717) is 4.83 Å². The van der Waals surface area contributed by atoms with Gasteiger partial charge in [-0.1, -0.05) is 60.2 Å². The number of rotatable bonds is 3. The van der Waals surface area contributed by atoms with Crippen LogP contribution >= 0.6 is 15.9 Å². The summed E-state index contributed by atoms with van der Waals surface area (Å²) in [5, 5.41) is 0. The first kappa shape index (κ1) is 13.1. The molecule has 1 atom stereocenters. The predicted octanol–water partition coefficient (Wildman–Crippen LogP) is 5.54. The molecular formula is C15H20BrF. The van der Waals surface area contributed by atoms with Gasteiger partial charge in [-0.2, -0.15) is 0 Å². The average Bonchev–Trinajstić information content (AvgIpc) is 2.34. The molecule has 0 saturated heterocycles. The van der Waals surface area contributed by atoms with Gasteiger partial charge in [0.2, 0.25) is 0 Å². The Kier molecular flexibility index (Phi) is 4.61. The molecule has 1 aromatic rings. The molecular weight excluding hydrogens is 279 g/mol. The molecule has 94 valence electrons. The second-order valence-corrected chi connectivity index (χ2v) is 6.32. The van der Waals surface area contributed by atoms with Crippen LogP contribution in [0.15, 0.2) is 18.2 Å². The molecule has 2 rings (SSSR count). The van der Waals surface area contributed by atoms with Gasteiger partial charge in [0.15, 0.2) is 0 Å². The van der Waals surface area contributed by atoms with E-state index in [1.165, 1.54) is 44.1 Å². The maximum absolute atomic E-state index is 13.2. The van der Waals surface area contributed by atoms with Crippen molar-refractivity contribution in [2.24, 2.45) is 5.92 Å². The van der Waals surface area contributed by atoms with Gasteiger partial charge in [-0.25, -0.2) is 4.39 Å². The van der Waals surface area contributed by atoms with E-state index >= 15 is 0 Å². The minimum Gasteiger partial charge on any atom is -0.207 e. The Labute approximate surface area is 112 Å². The van der Waals surface area contributed by atoms with E-state index in [1.807, 2.05) is 19.1 Å². The lowest BCUT2D eigenvalue weighted by Crippen LogP contribution is -2.08. The molecule has 0 amide bonds. The Morgan fingerprint density at radius 2 is 2.00 bits per heavy atom. The lowest BCUT2D eigenvalue weighted by atomic mass is 9.85. The summed E-state index contributed by atoms with van der Waals surface area (Å²) in [4.78, 5) is 0.380. The lowest BCUT2D eigenvalue weighted by Gasteiger charge is -2.24. The van der Waals surface area contributed by atoms with Crippen molar-refractivity contribution >= 4 is 15.9 Å². The van der Waals surface area contributed by atoms with Crippen LogP contribution in [-0.4, -0.2) is 0 Å². The van der Waals surface area contributed by atoms with Crippen LogP contribution in [0.1, 0.15) is 54.5 Å². The van der Waals surface area contributed by atoms with E-state index < -0.39 is 0 Å². The molecule has 0 radical (unpaired) electrons. The molecule has 1 aliphatic carbocycles.